The summed E-state index contributed by atoms with van der Waals surface area (Å²) in [5.74, 6) is 5.72. The van der Waals surface area contributed by atoms with Crippen LogP contribution in [0.15, 0.2) is 24.3 Å². The Morgan fingerprint density at radius 1 is 1.47 bits per heavy atom. The lowest BCUT2D eigenvalue weighted by molar-refractivity contribution is 0.170. The van der Waals surface area contributed by atoms with Crippen LogP contribution in [0.4, 0.5) is 4.39 Å². The molecule has 0 bridgehead atoms. The maximum atomic E-state index is 13.1. The average Bonchev–Trinajstić information content (AvgIpc) is 2.33. The van der Waals surface area contributed by atoms with Gasteiger partial charge < -0.3 is 4.74 Å². The fourth-order valence-corrected chi connectivity index (χ4v) is 1.85. The first-order chi connectivity index (χ1) is 8.17. The number of ether oxygens (including phenoxy) is 1. The van der Waals surface area contributed by atoms with Crippen LogP contribution in [0.25, 0.3) is 0 Å². The Bertz CT molecular complexity index is 333. The van der Waals surface area contributed by atoms with E-state index in [4.69, 9.17) is 10.6 Å². The molecule has 0 aliphatic rings. The van der Waals surface area contributed by atoms with E-state index < -0.39 is 0 Å². The maximum Gasteiger partial charge on any atom is 0.123 e. The summed E-state index contributed by atoms with van der Waals surface area (Å²) in [5.41, 5.74) is 3.76. The van der Waals surface area contributed by atoms with Gasteiger partial charge in [-0.05, 0) is 36.5 Å². The lowest BCUT2D eigenvalue weighted by atomic mass is 9.93. The monoisotopic (exact) mass is 240 g/mol. The van der Waals surface area contributed by atoms with Crippen LogP contribution in [0.3, 0.4) is 0 Å². The summed E-state index contributed by atoms with van der Waals surface area (Å²) >= 11 is 0. The van der Waals surface area contributed by atoms with Crippen molar-refractivity contribution in [2.24, 2.45) is 11.8 Å². The van der Waals surface area contributed by atoms with E-state index in [1.807, 2.05) is 6.07 Å². The van der Waals surface area contributed by atoms with Gasteiger partial charge in [0.15, 0.2) is 0 Å². The van der Waals surface area contributed by atoms with Gasteiger partial charge in [-0.1, -0.05) is 19.1 Å². The van der Waals surface area contributed by atoms with Crippen molar-refractivity contribution >= 4 is 0 Å². The molecule has 0 saturated carbocycles. The summed E-state index contributed by atoms with van der Waals surface area (Å²) in [7, 11) is 1.68. The molecule has 3 N–H and O–H groups in total. The van der Waals surface area contributed by atoms with E-state index in [1.54, 1.807) is 19.2 Å². The summed E-state index contributed by atoms with van der Waals surface area (Å²) in [5, 5.41) is 0. The zero-order chi connectivity index (χ0) is 12.7. The highest BCUT2D eigenvalue weighted by Crippen LogP contribution is 2.14. The van der Waals surface area contributed by atoms with Crippen LogP contribution in [0, 0.1) is 11.7 Å². The Labute approximate surface area is 102 Å². The van der Waals surface area contributed by atoms with Crippen LogP contribution in [-0.2, 0) is 11.2 Å². The Morgan fingerprint density at radius 3 is 2.82 bits per heavy atom. The number of hydrogen-bond acceptors (Lipinski definition) is 3. The molecule has 17 heavy (non-hydrogen) atoms. The van der Waals surface area contributed by atoms with Crippen molar-refractivity contribution in [2.75, 3.05) is 13.7 Å². The molecule has 2 unspecified atom stereocenters. The van der Waals surface area contributed by atoms with Crippen molar-refractivity contribution in [1.82, 2.24) is 5.43 Å². The second-order valence-corrected chi connectivity index (χ2v) is 4.37. The topological polar surface area (TPSA) is 47.3 Å². The third-order valence-electron chi connectivity index (χ3n) is 3.02. The number of hydrazine groups is 1. The van der Waals surface area contributed by atoms with Gasteiger partial charge in [0.2, 0.25) is 0 Å². The minimum Gasteiger partial charge on any atom is -0.385 e. The first-order valence-electron chi connectivity index (χ1n) is 5.87. The smallest absolute Gasteiger partial charge is 0.123 e. The second-order valence-electron chi connectivity index (χ2n) is 4.37. The van der Waals surface area contributed by atoms with E-state index in [9.17, 15) is 4.39 Å². The number of nitrogens with one attached hydrogen (secondary N) is 1. The summed E-state index contributed by atoms with van der Waals surface area (Å²) < 4.78 is 18.1. The highest BCUT2D eigenvalue weighted by molar-refractivity contribution is 5.17. The first kappa shape index (κ1) is 14.1. The van der Waals surface area contributed by atoms with Crippen LogP contribution >= 0.6 is 0 Å². The SMILES string of the molecule is COCCC(C)C(Cc1cccc(F)c1)NN. The molecule has 2 atom stereocenters. The van der Waals surface area contributed by atoms with E-state index in [0.29, 0.717) is 12.5 Å². The minimum atomic E-state index is -0.206. The fraction of sp³-hybridized carbons (Fsp3) is 0.538. The summed E-state index contributed by atoms with van der Waals surface area (Å²) in [6.45, 7) is 2.82. The second kappa shape index (κ2) is 7.37. The van der Waals surface area contributed by atoms with Gasteiger partial charge in [0.05, 0.1) is 0 Å². The molecule has 0 aliphatic carbocycles. The molecular weight excluding hydrogens is 219 g/mol. The Hall–Kier alpha value is -0.970. The number of nitrogens with two attached hydrogens (primary N) is 1. The average molecular weight is 240 g/mol. The van der Waals surface area contributed by atoms with Crippen molar-refractivity contribution in [3.63, 3.8) is 0 Å². The number of hydrogen-bond donors (Lipinski definition) is 2. The predicted octanol–water partition coefficient (Wildman–Crippen LogP) is 1.87. The number of methoxy groups -OCH3 is 1. The highest BCUT2D eigenvalue weighted by atomic mass is 19.1. The molecule has 0 fully saturated rings. The van der Waals surface area contributed by atoms with Gasteiger partial charge in [-0.15, -0.1) is 0 Å². The van der Waals surface area contributed by atoms with Crippen molar-refractivity contribution in [2.45, 2.75) is 25.8 Å². The molecule has 0 saturated heterocycles. The van der Waals surface area contributed by atoms with Crippen LogP contribution in [0.1, 0.15) is 18.9 Å². The largest absolute Gasteiger partial charge is 0.385 e. The number of benzene rings is 1. The van der Waals surface area contributed by atoms with Gasteiger partial charge in [0.1, 0.15) is 5.82 Å². The molecule has 4 heteroatoms. The molecule has 1 aromatic carbocycles. The lowest BCUT2D eigenvalue weighted by Gasteiger charge is -2.23. The van der Waals surface area contributed by atoms with Crippen molar-refractivity contribution in [3.05, 3.63) is 35.6 Å². The van der Waals surface area contributed by atoms with Crippen LogP contribution in [0.5, 0.6) is 0 Å². The lowest BCUT2D eigenvalue weighted by Crippen LogP contribution is -2.41. The van der Waals surface area contributed by atoms with Gasteiger partial charge in [-0.25, -0.2) is 4.39 Å². The standard InChI is InChI=1S/C13H21FN2O/c1-10(6-7-17-2)13(16-15)9-11-4-3-5-12(14)8-11/h3-5,8,10,13,16H,6-7,9,15H2,1-2H3. The Balaban J connectivity index is 2.56. The summed E-state index contributed by atoms with van der Waals surface area (Å²) in [6, 6.07) is 6.76. The van der Waals surface area contributed by atoms with Crippen LogP contribution in [-0.4, -0.2) is 19.8 Å². The van der Waals surface area contributed by atoms with E-state index in [1.165, 1.54) is 6.07 Å². The van der Waals surface area contributed by atoms with E-state index >= 15 is 0 Å². The predicted molar refractivity (Wildman–Crippen MR) is 66.9 cm³/mol. The molecule has 0 amide bonds. The zero-order valence-corrected chi connectivity index (χ0v) is 10.4. The maximum absolute atomic E-state index is 13.1. The van der Waals surface area contributed by atoms with E-state index in [0.717, 1.165) is 18.4 Å². The van der Waals surface area contributed by atoms with Gasteiger partial charge in [-0.3, -0.25) is 11.3 Å². The van der Waals surface area contributed by atoms with Crippen LogP contribution in [0.2, 0.25) is 0 Å². The van der Waals surface area contributed by atoms with E-state index in [2.05, 4.69) is 12.3 Å². The van der Waals surface area contributed by atoms with Crippen molar-refractivity contribution in [3.8, 4) is 0 Å². The van der Waals surface area contributed by atoms with E-state index in [-0.39, 0.29) is 11.9 Å². The first-order valence-corrected chi connectivity index (χ1v) is 5.87. The molecule has 3 nitrogen and oxygen atoms in total. The molecule has 0 aromatic heterocycles. The van der Waals surface area contributed by atoms with Gasteiger partial charge in [0.25, 0.3) is 0 Å². The molecule has 1 aromatic rings. The molecule has 1 rings (SSSR count). The van der Waals surface area contributed by atoms with Crippen LogP contribution < -0.4 is 11.3 Å². The number of halogens is 1. The minimum absolute atomic E-state index is 0.131. The summed E-state index contributed by atoms with van der Waals surface area (Å²) in [6.07, 6.45) is 1.65. The molecule has 0 spiro atoms. The third kappa shape index (κ3) is 4.81. The fourth-order valence-electron chi connectivity index (χ4n) is 1.85. The summed E-state index contributed by atoms with van der Waals surface area (Å²) in [4.78, 5) is 0. The zero-order valence-electron chi connectivity index (χ0n) is 10.4. The normalized spacial score (nSPS) is 14.6. The molecular formula is C13H21FN2O. The highest BCUT2D eigenvalue weighted by Gasteiger charge is 2.16. The quantitative estimate of drug-likeness (QED) is 0.565. The molecule has 0 aliphatic heterocycles. The van der Waals surface area contributed by atoms with Gasteiger partial charge in [-0.2, -0.15) is 0 Å². The molecule has 0 radical (unpaired) electrons. The van der Waals surface area contributed by atoms with Crippen molar-refractivity contribution in [1.29, 1.82) is 0 Å². The Morgan fingerprint density at radius 2 is 2.24 bits per heavy atom. The number of rotatable bonds is 7. The van der Waals surface area contributed by atoms with Gasteiger partial charge in [0, 0.05) is 19.8 Å². The third-order valence-corrected chi connectivity index (χ3v) is 3.02. The van der Waals surface area contributed by atoms with Gasteiger partial charge >= 0.3 is 0 Å². The molecule has 96 valence electrons. The molecule has 0 heterocycles. The van der Waals surface area contributed by atoms with Crippen molar-refractivity contribution < 1.29 is 9.13 Å². The Kier molecular flexibility index (Phi) is 6.11.